The largest absolute Gasteiger partial charge is 0.382 e. The Labute approximate surface area is 134 Å². The van der Waals surface area contributed by atoms with Gasteiger partial charge >= 0.3 is 0 Å². The van der Waals surface area contributed by atoms with E-state index in [1.807, 2.05) is 0 Å². The van der Waals surface area contributed by atoms with Crippen molar-refractivity contribution >= 4 is 16.6 Å². The van der Waals surface area contributed by atoms with Crippen molar-refractivity contribution in [2.45, 2.75) is 62.3 Å². The number of aromatic nitrogens is 2. The molecule has 0 spiro atoms. The normalized spacial score (nSPS) is 23.0. The monoisotopic (exact) mass is 323 g/mol. The van der Waals surface area contributed by atoms with Gasteiger partial charge in [-0.2, -0.15) is 0 Å². The number of rotatable bonds is 4. The first kappa shape index (κ1) is 15.9. The number of anilines is 1. The third-order valence-electron chi connectivity index (χ3n) is 4.47. The summed E-state index contributed by atoms with van der Waals surface area (Å²) < 4.78 is 17.7. The van der Waals surface area contributed by atoms with Crippen LogP contribution in [0.1, 0.15) is 51.6 Å². The van der Waals surface area contributed by atoms with Crippen molar-refractivity contribution in [1.29, 1.82) is 0 Å². The van der Waals surface area contributed by atoms with Crippen molar-refractivity contribution in [2.24, 2.45) is 0 Å². The summed E-state index contributed by atoms with van der Waals surface area (Å²) in [5.74, 6) is 2.24. The van der Waals surface area contributed by atoms with Gasteiger partial charge in [-0.25, -0.2) is 9.97 Å². The fraction of sp³-hybridized carbons (Fsp3) is 0.750. The minimum Gasteiger partial charge on any atom is -0.382 e. The fourth-order valence-electron chi connectivity index (χ4n) is 3.05. The number of methoxy groups -OCH3 is 1. The number of ether oxygens (including phenoxy) is 1. The lowest BCUT2D eigenvalue weighted by Gasteiger charge is -2.42. The van der Waals surface area contributed by atoms with Crippen molar-refractivity contribution in [3.8, 4) is 0 Å². The molecule has 0 aromatic carbocycles. The first-order valence-electron chi connectivity index (χ1n) is 7.92. The van der Waals surface area contributed by atoms with Gasteiger partial charge in [0.2, 0.25) is 0 Å². The van der Waals surface area contributed by atoms with E-state index in [2.05, 4.69) is 31.1 Å². The molecule has 6 heteroatoms. The first-order valence-corrected chi connectivity index (χ1v) is 9.23. The number of nitrogens with one attached hydrogen (secondary N) is 1. The van der Waals surface area contributed by atoms with E-state index in [9.17, 15) is 4.21 Å². The summed E-state index contributed by atoms with van der Waals surface area (Å²) in [7, 11) is 0.738. The lowest BCUT2D eigenvalue weighted by Crippen LogP contribution is -2.49. The summed E-state index contributed by atoms with van der Waals surface area (Å²) >= 11 is 0. The van der Waals surface area contributed by atoms with Crippen LogP contribution in [0.3, 0.4) is 0 Å². The Hall–Kier alpha value is -1.01. The summed E-state index contributed by atoms with van der Waals surface area (Å²) in [6, 6.07) is 0. The second-order valence-electron chi connectivity index (χ2n) is 7.41. The summed E-state index contributed by atoms with van der Waals surface area (Å²) in [5.41, 5.74) is 0.773. The van der Waals surface area contributed by atoms with E-state index >= 15 is 0 Å². The fourth-order valence-corrected chi connectivity index (χ4v) is 4.36. The van der Waals surface area contributed by atoms with Crippen molar-refractivity contribution < 1.29 is 8.95 Å². The van der Waals surface area contributed by atoms with Gasteiger partial charge in [-0.05, 0) is 19.3 Å². The Kier molecular flexibility index (Phi) is 4.01. The van der Waals surface area contributed by atoms with Crippen LogP contribution in [0.5, 0.6) is 0 Å². The highest BCUT2D eigenvalue weighted by Crippen LogP contribution is 2.38. The van der Waals surface area contributed by atoms with Crippen LogP contribution in [0.25, 0.3) is 0 Å². The van der Waals surface area contributed by atoms with Crippen LogP contribution in [0, 0.1) is 0 Å². The quantitative estimate of drug-likeness (QED) is 0.922. The molecule has 0 radical (unpaired) electrons. The maximum Gasteiger partial charge on any atom is 0.146 e. The molecule has 1 saturated carbocycles. The lowest BCUT2D eigenvalue weighted by atomic mass is 9.77. The average molecular weight is 323 g/mol. The number of aryl methyl sites for hydroxylation is 1. The molecule has 0 bridgehead atoms. The molecule has 1 fully saturated rings. The van der Waals surface area contributed by atoms with E-state index in [4.69, 9.17) is 9.72 Å². The number of hydrogen-bond acceptors (Lipinski definition) is 5. The molecule has 2 aliphatic rings. The van der Waals surface area contributed by atoms with Gasteiger partial charge in [0, 0.05) is 24.7 Å². The minimum atomic E-state index is -0.989. The van der Waals surface area contributed by atoms with Gasteiger partial charge in [0.25, 0.3) is 0 Å². The molecule has 0 amide bonds. The molecule has 0 saturated heterocycles. The molecule has 1 atom stereocenters. The highest BCUT2D eigenvalue weighted by Gasteiger charge is 2.39. The van der Waals surface area contributed by atoms with Crippen LogP contribution in [0.2, 0.25) is 0 Å². The van der Waals surface area contributed by atoms with Crippen LogP contribution < -0.4 is 5.32 Å². The van der Waals surface area contributed by atoms with Gasteiger partial charge in [-0.15, -0.1) is 0 Å². The topological polar surface area (TPSA) is 64.1 Å². The van der Waals surface area contributed by atoms with E-state index in [1.165, 1.54) is 6.42 Å². The maximum absolute atomic E-state index is 12.4. The maximum atomic E-state index is 12.4. The van der Waals surface area contributed by atoms with Crippen molar-refractivity contribution in [3.63, 3.8) is 0 Å². The zero-order valence-corrected chi connectivity index (χ0v) is 14.7. The molecule has 1 aromatic rings. The molecule has 5 nitrogen and oxygen atoms in total. The molecule has 1 N–H and O–H groups in total. The number of fused-ring (bicyclic) bond motifs is 1. The molecule has 1 aliphatic heterocycles. The van der Waals surface area contributed by atoms with Crippen LogP contribution in [-0.2, 0) is 27.4 Å². The highest BCUT2D eigenvalue weighted by molar-refractivity contribution is 7.85. The summed E-state index contributed by atoms with van der Waals surface area (Å²) in [4.78, 5) is 10.2. The Balaban J connectivity index is 2.02. The molecule has 3 rings (SSSR count). The van der Waals surface area contributed by atoms with Gasteiger partial charge < -0.3 is 10.1 Å². The van der Waals surface area contributed by atoms with Crippen LogP contribution in [-0.4, -0.2) is 39.2 Å². The summed E-state index contributed by atoms with van der Waals surface area (Å²) in [6.07, 6.45) is 4.10. The molecule has 1 aromatic heterocycles. The SMILES string of the molecule is COCC1(Nc2nc(C(C)(C)C)nc3c2S(=O)CC3)CCC1. The van der Waals surface area contributed by atoms with Gasteiger partial charge in [0.05, 0.1) is 28.6 Å². The predicted molar refractivity (Wildman–Crippen MR) is 87.8 cm³/mol. The van der Waals surface area contributed by atoms with E-state index in [1.54, 1.807) is 7.11 Å². The number of nitrogens with zero attached hydrogens (tertiary/aromatic N) is 2. The predicted octanol–water partition coefficient (Wildman–Crippen LogP) is 2.42. The van der Waals surface area contributed by atoms with Crippen LogP contribution in [0.15, 0.2) is 4.90 Å². The zero-order valence-electron chi connectivity index (χ0n) is 13.9. The third-order valence-corrected chi connectivity index (χ3v) is 5.93. The molecule has 1 aliphatic carbocycles. The molecule has 22 heavy (non-hydrogen) atoms. The van der Waals surface area contributed by atoms with Crippen molar-refractivity contribution in [2.75, 3.05) is 24.8 Å². The Morgan fingerprint density at radius 2 is 2.05 bits per heavy atom. The third kappa shape index (κ3) is 2.78. The average Bonchev–Trinajstić information content (AvgIpc) is 2.77. The van der Waals surface area contributed by atoms with Gasteiger partial charge in [-0.3, -0.25) is 4.21 Å². The molecule has 1 unspecified atom stereocenters. The highest BCUT2D eigenvalue weighted by atomic mass is 32.2. The number of hydrogen-bond donors (Lipinski definition) is 1. The van der Waals surface area contributed by atoms with Gasteiger partial charge in [-0.1, -0.05) is 20.8 Å². The molecular formula is C16H25N3O2S. The Bertz CT molecular complexity index is 606. The van der Waals surface area contributed by atoms with Crippen LogP contribution >= 0.6 is 0 Å². The molecular weight excluding hydrogens is 298 g/mol. The van der Waals surface area contributed by atoms with E-state index in [0.29, 0.717) is 12.4 Å². The van der Waals surface area contributed by atoms with Crippen molar-refractivity contribution in [3.05, 3.63) is 11.5 Å². The van der Waals surface area contributed by atoms with Crippen molar-refractivity contribution in [1.82, 2.24) is 9.97 Å². The smallest absolute Gasteiger partial charge is 0.146 e. The Morgan fingerprint density at radius 3 is 2.59 bits per heavy atom. The van der Waals surface area contributed by atoms with Gasteiger partial charge in [0.1, 0.15) is 16.5 Å². The van der Waals surface area contributed by atoms with E-state index in [0.717, 1.165) is 41.5 Å². The van der Waals surface area contributed by atoms with E-state index in [-0.39, 0.29) is 11.0 Å². The molecule has 2 heterocycles. The minimum absolute atomic E-state index is 0.0567. The zero-order chi connectivity index (χ0) is 16.0. The summed E-state index contributed by atoms with van der Waals surface area (Å²) in [5, 5.41) is 3.57. The second kappa shape index (κ2) is 5.57. The second-order valence-corrected chi connectivity index (χ2v) is 8.92. The summed E-state index contributed by atoms with van der Waals surface area (Å²) in [6.45, 7) is 6.99. The van der Waals surface area contributed by atoms with Gasteiger partial charge in [0.15, 0.2) is 0 Å². The Morgan fingerprint density at radius 1 is 1.32 bits per heavy atom. The lowest BCUT2D eigenvalue weighted by molar-refractivity contribution is 0.0978. The standard InChI is InChI=1S/C16H25N3O2S/c1-15(2,3)14-17-11-6-9-22(20)12(11)13(18-14)19-16(10-21-4)7-5-8-16/h5-10H2,1-4H3,(H,17,18,19). The van der Waals surface area contributed by atoms with Crippen LogP contribution in [0.4, 0.5) is 5.82 Å². The first-order chi connectivity index (χ1) is 10.3. The molecule has 122 valence electrons. The van der Waals surface area contributed by atoms with E-state index < -0.39 is 10.8 Å².